The van der Waals surface area contributed by atoms with Gasteiger partial charge in [0, 0.05) is 37.5 Å². The number of benzene rings is 1. The van der Waals surface area contributed by atoms with E-state index < -0.39 is 6.04 Å². The van der Waals surface area contributed by atoms with Gasteiger partial charge in [0.15, 0.2) is 0 Å². The highest BCUT2D eigenvalue weighted by Gasteiger charge is 2.33. The molecule has 0 aliphatic carbocycles. The van der Waals surface area contributed by atoms with E-state index in [9.17, 15) is 9.59 Å². The minimum absolute atomic E-state index is 0.00330. The highest BCUT2D eigenvalue weighted by molar-refractivity contribution is 6.00. The Balaban J connectivity index is 1.29. The molecule has 4 rings (SSSR count). The Morgan fingerprint density at radius 2 is 2.00 bits per heavy atom. The number of nitrogens with zero attached hydrogens (tertiary/aromatic N) is 2. The number of carbonyl (C=O) groups is 2. The van der Waals surface area contributed by atoms with Crippen LogP contribution in [0.15, 0.2) is 48.8 Å². The van der Waals surface area contributed by atoms with Gasteiger partial charge in [-0.05, 0) is 36.1 Å². The summed E-state index contributed by atoms with van der Waals surface area (Å²) in [5.41, 5.74) is 2.66. The number of hydrogen-bond acceptors (Lipinski definition) is 4. The van der Waals surface area contributed by atoms with Crippen molar-refractivity contribution in [3.05, 3.63) is 65.5 Å². The lowest BCUT2D eigenvalue weighted by Gasteiger charge is -2.35. The summed E-state index contributed by atoms with van der Waals surface area (Å²) >= 11 is 0. The number of likely N-dealkylation sites (tertiary alicyclic amines) is 1. The lowest BCUT2D eigenvalue weighted by Crippen LogP contribution is -2.54. The fourth-order valence-electron chi connectivity index (χ4n) is 3.74. The van der Waals surface area contributed by atoms with E-state index in [1.807, 2.05) is 41.4 Å². The van der Waals surface area contributed by atoms with E-state index in [2.05, 4.69) is 10.3 Å². The summed E-state index contributed by atoms with van der Waals surface area (Å²) in [5.74, 6) is -0.159. The number of fused-ring (bicyclic) bond motifs is 1. The molecule has 2 amide bonds. The normalized spacial score (nSPS) is 20.1. The predicted molar refractivity (Wildman–Crippen MR) is 100 cm³/mol. The molecule has 1 aromatic heterocycles. The summed E-state index contributed by atoms with van der Waals surface area (Å²) in [6.07, 6.45) is 5.87. The van der Waals surface area contributed by atoms with Crippen molar-refractivity contribution in [2.24, 2.45) is 0 Å². The van der Waals surface area contributed by atoms with Crippen LogP contribution >= 0.6 is 0 Å². The molecular formula is C21H23N3O3. The van der Waals surface area contributed by atoms with Gasteiger partial charge >= 0.3 is 0 Å². The fourth-order valence-corrected chi connectivity index (χ4v) is 3.74. The molecule has 1 aromatic carbocycles. The molecule has 27 heavy (non-hydrogen) atoms. The number of piperidine rings is 1. The molecule has 1 fully saturated rings. The fraction of sp³-hybridized carbons (Fsp3) is 0.381. The molecule has 0 saturated carbocycles. The van der Waals surface area contributed by atoms with Crippen molar-refractivity contribution in [3.8, 4) is 0 Å². The first-order chi connectivity index (χ1) is 13.2. The SMILES string of the molecule is O=C1N[C@H](C(=O)N2CCC(OCc3cccnc3)CC2)Cc2ccccc21. The van der Waals surface area contributed by atoms with E-state index in [-0.39, 0.29) is 17.9 Å². The van der Waals surface area contributed by atoms with Crippen LogP contribution in [0, 0.1) is 0 Å². The number of pyridine rings is 1. The maximum absolute atomic E-state index is 12.9. The number of aromatic nitrogens is 1. The van der Waals surface area contributed by atoms with Gasteiger partial charge in [0.1, 0.15) is 6.04 Å². The zero-order chi connectivity index (χ0) is 18.6. The van der Waals surface area contributed by atoms with Crippen molar-refractivity contribution >= 4 is 11.8 Å². The molecule has 2 aromatic rings. The van der Waals surface area contributed by atoms with Crippen molar-refractivity contribution in [2.45, 2.75) is 38.0 Å². The van der Waals surface area contributed by atoms with Gasteiger partial charge in [-0.15, -0.1) is 0 Å². The number of carbonyl (C=O) groups excluding carboxylic acids is 2. The van der Waals surface area contributed by atoms with E-state index in [1.54, 1.807) is 12.3 Å². The molecular weight excluding hydrogens is 342 g/mol. The molecule has 2 aliphatic rings. The quantitative estimate of drug-likeness (QED) is 0.899. The Kier molecular flexibility index (Phi) is 5.16. The number of rotatable bonds is 4. The van der Waals surface area contributed by atoms with Gasteiger partial charge in [-0.3, -0.25) is 14.6 Å². The predicted octanol–water partition coefficient (Wildman–Crippen LogP) is 1.94. The van der Waals surface area contributed by atoms with E-state index in [0.717, 1.165) is 24.0 Å². The van der Waals surface area contributed by atoms with Gasteiger partial charge in [0.05, 0.1) is 12.7 Å². The molecule has 0 unspecified atom stereocenters. The lowest BCUT2D eigenvalue weighted by atomic mass is 9.94. The molecule has 2 aliphatic heterocycles. The Morgan fingerprint density at radius 1 is 1.19 bits per heavy atom. The second-order valence-electron chi connectivity index (χ2n) is 7.08. The summed E-state index contributed by atoms with van der Waals surface area (Å²) in [4.78, 5) is 31.0. The third kappa shape index (κ3) is 4.01. The summed E-state index contributed by atoms with van der Waals surface area (Å²) in [7, 11) is 0. The number of nitrogens with one attached hydrogen (secondary N) is 1. The van der Waals surface area contributed by atoms with Crippen molar-refractivity contribution < 1.29 is 14.3 Å². The summed E-state index contributed by atoms with van der Waals surface area (Å²) in [6, 6.07) is 10.9. The monoisotopic (exact) mass is 365 g/mol. The Bertz CT molecular complexity index is 816. The molecule has 0 radical (unpaired) electrons. The smallest absolute Gasteiger partial charge is 0.252 e. The molecule has 1 atom stereocenters. The molecule has 3 heterocycles. The average molecular weight is 365 g/mol. The van der Waals surface area contributed by atoms with E-state index in [1.165, 1.54) is 0 Å². The molecule has 1 saturated heterocycles. The topological polar surface area (TPSA) is 71.5 Å². The average Bonchev–Trinajstić information content (AvgIpc) is 2.73. The zero-order valence-corrected chi connectivity index (χ0v) is 15.1. The molecule has 0 spiro atoms. The number of hydrogen-bond donors (Lipinski definition) is 1. The number of ether oxygens (including phenoxy) is 1. The van der Waals surface area contributed by atoms with Gasteiger partial charge in [-0.25, -0.2) is 0 Å². The van der Waals surface area contributed by atoms with Crippen LogP contribution in [0.5, 0.6) is 0 Å². The van der Waals surface area contributed by atoms with E-state index in [4.69, 9.17) is 4.74 Å². The van der Waals surface area contributed by atoms with Crippen LogP contribution in [0.25, 0.3) is 0 Å². The number of amides is 2. The van der Waals surface area contributed by atoms with Crippen LogP contribution in [-0.4, -0.2) is 46.9 Å². The van der Waals surface area contributed by atoms with Crippen molar-refractivity contribution in [2.75, 3.05) is 13.1 Å². The second kappa shape index (κ2) is 7.88. The minimum Gasteiger partial charge on any atom is -0.373 e. The van der Waals surface area contributed by atoms with Crippen LogP contribution < -0.4 is 5.32 Å². The van der Waals surface area contributed by atoms with Gasteiger partial charge in [-0.1, -0.05) is 24.3 Å². The van der Waals surface area contributed by atoms with Crippen LogP contribution in [-0.2, 0) is 22.6 Å². The summed E-state index contributed by atoms with van der Waals surface area (Å²) < 4.78 is 5.96. The Morgan fingerprint density at radius 3 is 2.78 bits per heavy atom. The Hall–Kier alpha value is -2.73. The van der Waals surface area contributed by atoms with Gasteiger partial charge in [0.25, 0.3) is 5.91 Å². The van der Waals surface area contributed by atoms with Crippen molar-refractivity contribution in [3.63, 3.8) is 0 Å². The molecule has 1 N–H and O–H groups in total. The maximum atomic E-state index is 12.9. The summed E-state index contributed by atoms with van der Waals surface area (Å²) in [6.45, 7) is 1.86. The van der Waals surface area contributed by atoms with Gasteiger partial charge in [0.2, 0.25) is 5.91 Å². The van der Waals surface area contributed by atoms with Crippen LogP contribution in [0.3, 0.4) is 0 Å². The zero-order valence-electron chi connectivity index (χ0n) is 15.1. The third-order valence-corrected chi connectivity index (χ3v) is 5.25. The lowest BCUT2D eigenvalue weighted by molar-refractivity contribution is -0.136. The van der Waals surface area contributed by atoms with Crippen LogP contribution in [0.1, 0.15) is 34.3 Å². The third-order valence-electron chi connectivity index (χ3n) is 5.25. The standard InChI is InChI=1S/C21H23N3O3/c25-20-18-6-2-1-5-16(18)12-19(23-20)21(26)24-10-7-17(8-11-24)27-14-15-4-3-9-22-13-15/h1-6,9,13,17,19H,7-8,10-12,14H2,(H,23,25)/t19-/m0/s1. The first kappa shape index (κ1) is 17.7. The van der Waals surface area contributed by atoms with Gasteiger partial charge in [-0.2, -0.15) is 0 Å². The molecule has 0 bridgehead atoms. The van der Waals surface area contributed by atoms with Crippen molar-refractivity contribution in [1.29, 1.82) is 0 Å². The highest BCUT2D eigenvalue weighted by atomic mass is 16.5. The largest absolute Gasteiger partial charge is 0.373 e. The molecule has 140 valence electrons. The summed E-state index contributed by atoms with van der Waals surface area (Å²) in [5, 5.41) is 2.86. The first-order valence-corrected chi connectivity index (χ1v) is 9.39. The van der Waals surface area contributed by atoms with Crippen LogP contribution in [0.4, 0.5) is 0 Å². The van der Waals surface area contributed by atoms with E-state index in [0.29, 0.717) is 31.7 Å². The maximum Gasteiger partial charge on any atom is 0.252 e. The van der Waals surface area contributed by atoms with E-state index >= 15 is 0 Å². The first-order valence-electron chi connectivity index (χ1n) is 9.39. The second-order valence-corrected chi connectivity index (χ2v) is 7.08. The highest BCUT2D eigenvalue weighted by Crippen LogP contribution is 2.20. The van der Waals surface area contributed by atoms with Crippen LogP contribution in [0.2, 0.25) is 0 Å². The Labute approximate surface area is 158 Å². The molecule has 6 nitrogen and oxygen atoms in total. The minimum atomic E-state index is -0.472. The van der Waals surface area contributed by atoms with Gasteiger partial charge < -0.3 is 15.0 Å². The molecule has 6 heteroatoms. The van der Waals surface area contributed by atoms with Crippen molar-refractivity contribution in [1.82, 2.24) is 15.2 Å².